The number of nitrogens with one attached hydrogen (secondary N) is 2. The maximum atomic E-state index is 3.59. The van der Waals surface area contributed by atoms with Gasteiger partial charge in [-0.3, -0.25) is 0 Å². The molecule has 2 N–H and O–H groups in total. The van der Waals surface area contributed by atoms with Crippen molar-refractivity contribution in [3.63, 3.8) is 0 Å². The summed E-state index contributed by atoms with van der Waals surface area (Å²) < 4.78 is 1.21. The zero-order chi connectivity index (χ0) is 13.4. The van der Waals surface area contributed by atoms with Gasteiger partial charge in [0.1, 0.15) is 0 Å². The van der Waals surface area contributed by atoms with Gasteiger partial charge >= 0.3 is 0 Å². The first-order valence-corrected chi connectivity index (χ1v) is 7.53. The third kappa shape index (κ3) is 5.51. The first kappa shape index (κ1) is 15.7. The first-order valence-electron chi connectivity index (χ1n) is 6.74. The molecule has 0 aliphatic carbocycles. The number of hydrogen-bond acceptors (Lipinski definition) is 2. The fourth-order valence-corrected chi connectivity index (χ4v) is 2.50. The van der Waals surface area contributed by atoms with E-state index in [2.05, 4.69) is 64.7 Å². The van der Waals surface area contributed by atoms with Crippen molar-refractivity contribution in [2.75, 3.05) is 26.7 Å². The number of benzene rings is 1. The summed E-state index contributed by atoms with van der Waals surface area (Å²) in [6.45, 7) is 7.78. The van der Waals surface area contributed by atoms with E-state index in [0.29, 0.717) is 11.8 Å². The van der Waals surface area contributed by atoms with Crippen molar-refractivity contribution in [2.45, 2.75) is 20.3 Å². The normalized spacial score (nSPS) is 12.9. The lowest BCUT2D eigenvalue weighted by molar-refractivity contribution is 0.354. The number of rotatable bonds is 8. The van der Waals surface area contributed by atoms with Crippen molar-refractivity contribution in [2.24, 2.45) is 11.8 Å². The van der Waals surface area contributed by atoms with Gasteiger partial charge in [0.05, 0.1) is 0 Å². The molecule has 0 radical (unpaired) electrons. The van der Waals surface area contributed by atoms with E-state index in [0.717, 1.165) is 26.1 Å². The molecule has 1 unspecified atom stereocenters. The maximum Gasteiger partial charge on any atom is 0.0207 e. The summed E-state index contributed by atoms with van der Waals surface area (Å²) in [6.07, 6.45) is 1.08. The number of hydrogen-bond donors (Lipinski definition) is 2. The lowest BCUT2D eigenvalue weighted by atomic mass is 9.96. The zero-order valence-electron chi connectivity index (χ0n) is 11.7. The van der Waals surface area contributed by atoms with Crippen LogP contribution in [0.5, 0.6) is 0 Å². The second-order valence-corrected chi connectivity index (χ2v) is 5.96. The first-order chi connectivity index (χ1) is 8.65. The molecular weight excluding hydrogens is 288 g/mol. The van der Waals surface area contributed by atoms with E-state index in [-0.39, 0.29) is 0 Å². The van der Waals surface area contributed by atoms with Gasteiger partial charge in [-0.05, 0) is 56.6 Å². The molecule has 0 saturated carbocycles. The van der Waals surface area contributed by atoms with Crippen molar-refractivity contribution in [1.29, 1.82) is 0 Å². The summed E-state index contributed by atoms with van der Waals surface area (Å²) in [7, 11) is 2.02. The van der Waals surface area contributed by atoms with Gasteiger partial charge in [-0.15, -0.1) is 0 Å². The Morgan fingerprint density at radius 3 is 2.50 bits per heavy atom. The lowest BCUT2D eigenvalue weighted by Gasteiger charge is -2.21. The standard InChI is InChI=1S/C15H25BrN2/c1-12(2)14(10-17-3)11-18-9-8-13-6-4-5-7-15(13)16/h4-7,12,14,17-18H,8-11H2,1-3H3. The molecule has 1 aromatic carbocycles. The minimum atomic E-state index is 0.703. The van der Waals surface area contributed by atoms with Gasteiger partial charge in [0.15, 0.2) is 0 Å². The van der Waals surface area contributed by atoms with Gasteiger partial charge in [-0.1, -0.05) is 48.0 Å². The fourth-order valence-electron chi connectivity index (χ4n) is 2.02. The molecule has 0 spiro atoms. The molecule has 1 atom stereocenters. The van der Waals surface area contributed by atoms with Gasteiger partial charge in [-0.25, -0.2) is 0 Å². The van der Waals surface area contributed by atoms with Gasteiger partial charge in [-0.2, -0.15) is 0 Å². The van der Waals surface area contributed by atoms with Crippen LogP contribution in [0.25, 0.3) is 0 Å². The van der Waals surface area contributed by atoms with Crippen molar-refractivity contribution < 1.29 is 0 Å². The van der Waals surface area contributed by atoms with E-state index < -0.39 is 0 Å². The van der Waals surface area contributed by atoms with Crippen LogP contribution in [-0.4, -0.2) is 26.7 Å². The van der Waals surface area contributed by atoms with Crippen molar-refractivity contribution >= 4 is 15.9 Å². The van der Waals surface area contributed by atoms with Gasteiger partial charge in [0.2, 0.25) is 0 Å². The van der Waals surface area contributed by atoms with Crippen LogP contribution in [0.4, 0.5) is 0 Å². The molecule has 0 aliphatic heterocycles. The Hall–Kier alpha value is -0.380. The van der Waals surface area contributed by atoms with E-state index in [9.17, 15) is 0 Å². The van der Waals surface area contributed by atoms with Crippen LogP contribution in [0.15, 0.2) is 28.7 Å². The summed E-state index contributed by atoms with van der Waals surface area (Å²) in [4.78, 5) is 0. The van der Waals surface area contributed by atoms with Crippen LogP contribution in [0.1, 0.15) is 19.4 Å². The third-order valence-electron chi connectivity index (χ3n) is 3.34. The second-order valence-electron chi connectivity index (χ2n) is 5.11. The summed E-state index contributed by atoms with van der Waals surface area (Å²) in [6, 6.07) is 8.44. The minimum Gasteiger partial charge on any atom is -0.319 e. The van der Waals surface area contributed by atoms with Gasteiger partial charge < -0.3 is 10.6 Å². The van der Waals surface area contributed by atoms with E-state index in [1.54, 1.807) is 0 Å². The minimum absolute atomic E-state index is 0.703. The average Bonchev–Trinajstić information content (AvgIpc) is 2.35. The Morgan fingerprint density at radius 1 is 1.17 bits per heavy atom. The molecule has 0 aromatic heterocycles. The highest BCUT2D eigenvalue weighted by atomic mass is 79.9. The van der Waals surface area contributed by atoms with Crippen LogP contribution in [0.3, 0.4) is 0 Å². The Morgan fingerprint density at radius 2 is 1.89 bits per heavy atom. The number of halogens is 1. The molecule has 0 amide bonds. The van der Waals surface area contributed by atoms with Gasteiger partial charge in [0.25, 0.3) is 0 Å². The quantitative estimate of drug-likeness (QED) is 0.721. The maximum absolute atomic E-state index is 3.59. The average molecular weight is 313 g/mol. The van der Waals surface area contributed by atoms with E-state index in [1.165, 1.54) is 10.0 Å². The summed E-state index contributed by atoms with van der Waals surface area (Å²) >= 11 is 3.59. The predicted molar refractivity (Wildman–Crippen MR) is 83.0 cm³/mol. The molecule has 0 aliphatic rings. The van der Waals surface area contributed by atoms with Crippen molar-refractivity contribution in [3.8, 4) is 0 Å². The molecule has 18 heavy (non-hydrogen) atoms. The molecule has 0 saturated heterocycles. The van der Waals surface area contributed by atoms with Crippen LogP contribution in [0, 0.1) is 11.8 Å². The predicted octanol–water partition coefficient (Wildman–Crippen LogP) is 3.07. The molecule has 1 rings (SSSR count). The zero-order valence-corrected chi connectivity index (χ0v) is 13.3. The summed E-state index contributed by atoms with van der Waals surface area (Å²) in [5, 5.41) is 6.84. The van der Waals surface area contributed by atoms with Crippen molar-refractivity contribution in [3.05, 3.63) is 34.3 Å². The Kier molecular flexibility index (Phi) is 7.56. The highest BCUT2D eigenvalue weighted by Crippen LogP contribution is 2.16. The third-order valence-corrected chi connectivity index (χ3v) is 4.12. The molecule has 2 nitrogen and oxygen atoms in total. The lowest BCUT2D eigenvalue weighted by Crippen LogP contribution is -2.34. The fraction of sp³-hybridized carbons (Fsp3) is 0.600. The topological polar surface area (TPSA) is 24.1 Å². The molecule has 3 heteroatoms. The van der Waals surface area contributed by atoms with Crippen LogP contribution in [-0.2, 0) is 6.42 Å². The molecule has 0 fully saturated rings. The molecular formula is C15H25BrN2. The Bertz CT molecular complexity index is 339. The summed E-state index contributed by atoms with van der Waals surface area (Å²) in [5.74, 6) is 1.42. The highest BCUT2D eigenvalue weighted by Gasteiger charge is 2.11. The van der Waals surface area contributed by atoms with Crippen molar-refractivity contribution in [1.82, 2.24) is 10.6 Å². The van der Waals surface area contributed by atoms with Gasteiger partial charge in [0, 0.05) is 4.47 Å². The molecule has 1 aromatic rings. The summed E-state index contributed by atoms with van der Waals surface area (Å²) in [5.41, 5.74) is 1.37. The molecule has 102 valence electrons. The van der Waals surface area contributed by atoms with Crippen LogP contribution >= 0.6 is 15.9 Å². The molecule has 0 bridgehead atoms. The smallest absolute Gasteiger partial charge is 0.0207 e. The highest BCUT2D eigenvalue weighted by molar-refractivity contribution is 9.10. The Labute approximate surface area is 120 Å². The Balaban J connectivity index is 2.27. The SMILES string of the molecule is CNCC(CNCCc1ccccc1Br)C(C)C. The van der Waals surface area contributed by atoms with E-state index in [1.807, 2.05) is 7.05 Å². The van der Waals surface area contributed by atoms with E-state index >= 15 is 0 Å². The van der Waals surface area contributed by atoms with E-state index in [4.69, 9.17) is 0 Å². The molecule has 0 heterocycles. The van der Waals surface area contributed by atoms with Crippen LogP contribution in [0.2, 0.25) is 0 Å². The largest absolute Gasteiger partial charge is 0.319 e. The monoisotopic (exact) mass is 312 g/mol. The van der Waals surface area contributed by atoms with Crippen LogP contribution < -0.4 is 10.6 Å². The second kappa shape index (κ2) is 8.68.